The molecule has 0 aliphatic heterocycles. The maximum Gasteiger partial charge on any atom is 0.120 e. The molecule has 0 aliphatic rings. The quantitative estimate of drug-likeness (QED) is 0.598. The molecule has 0 atom stereocenters. The molecule has 70 valence electrons. The van der Waals surface area contributed by atoms with E-state index in [1.165, 1.54) is 0 Å². The summed E-state index contributed by atoms with van der Waals surface area (Å²) in [6, 6.07) is 0. The molecule has 0 aromatic carbocycles. The van der Waals surface area contributed by atoms with Crippen LogP contribution in [-0.2, 0) is 7.05 Å². The van der Waals surface area contributed by atoms with Crippen molar-refractivity contribution in [1.82, 2.24) is 9.55 Å². The van der Waals surface area contributed by atoms with Crippen LogP contribution in [0.2, 0.25) is 0 Å². The lowest BCUT2D eigenvalue weighted by molar-refractivity contribution is 0.143. The standard InChI is InChI=1S/C10H14N2O/c1-8-11-7-9(12(8)4)5-6-10(2,3)13/h7,13H,1-4H3. The summed E-state index contributed by atoms with van der Waals surface area (Å²) >= 11 is 0. The predicted octanol–water partition coefficient (Wildman–Crippen LogP) is 0.851. The van der Waals surface area contributed by atoms with Crippen LogP contribution in [0.1, 0.15) is 25.4 Å². The van der Waals surface area contributed by atoms with Crippen molar-refractivity contribution in [3.8, 4) is 11.8 Å². The SMILES string of the molecule is Cc1ncc(C#CC(C)(C)O)n1C. The van der Waals surface area contributed by atoms with E-state index in [4.69, 9.17) is 0 Å². The number of hydrogen-bond acceptors (Lipinski definition) is 2. The fourth-order valence-corrected chi connectivity index (χ4v) is 0.835. The van der Waals surface area contributed by atoms with E-state index < -0.39 is 5.60 Å². The highest BCUT2D eigenvalue weighted by Crippen LogP contribution is 2.02. The maximum absolute atomic E-state index is 9.37. The van der Waals surface area contributed by atoms with Crippen molar-refractivity contribution in [1.29, 1.82) is 0 Å². The molecule has 1 N–H and O–H groups in total. The highest BCUT2D eigenvalue weighted by molar-refractivity contribution is 5.30. The van der Waals surface area contributed by atoms with Gasteiger partial charge < -0.3 is 9.67 Å². The summed E-state index contributed by atoms with van der Waals surface area (Å²) in [6.45, 7) is 5.22. The Morgan fingerprint density at radius 1 is 1.54 bits per heavy atom. The van der Waals surface area contributed by atoms with E-state index in [-0.39, 0.29) is 0 Å². The van der Waals surface area contributed by atoms with Gasteiger partial charge in [-0.3, -0.25) is 0 Å². The number of hydrogen-bond donors (Lipinski definition) is 1. The van der Waals surface area contributed by atoms with Gasteiger partial charge in [-0.1, -0.05) is 5.92 Å². The molecule has 0 amide bonds. The van der Waals surface area contributed by atoms with E-state index in [2.05, 4.69) is 16.8 Å². The molecule has 3 nitrogen and oxygen atoms in total. The van der Waals surface area contributed by atoms with Crippen molar-refractivity contribution < 1.29 is 5.11 Å². The zero-order valence-electron chi connectivity index (χ0n) is 8.42. The molecule has 0 saturated heterocycles. The highest BCUT2D eigenvalue weighted by atomic mass is 16.3. The first kappa shape index (κ1) is 9.82. The summed E-state index contributed by atoms with van der Waals surface area (Å²) in [7, 11) is 1.90. The maximum atomic E-state index is 9.37. The summed E-state index contributed by atoms with van der Waals surface area (Å²) in [5.74, 6) is 6.53. The lowest BCUT2D eigenvalue weighted by atomic mass is 10.1. The molecule has 0 fully saturated rings. The van der Waals surface area contributed by atoms with Crippen LogP contribution < -0.4 is 0 Å². The lowest BCUT2D eigenvalue weighted by Gasteiger charge is -2.05. The third kappa shape index (κ3) is 2.60. The minimum atomic E-state index is -0.946. The van der Waals surface area contributed by atoms with Gasteiger partial charge in [-0.05, 0) is 26.7 Å². The molecular weight excluding hydrogens is 164 g/mol. The molecule has 3 heteroatoms. The highest BCUT2D eigenvalue weighted by Gasteiger charge is 2.06. The predicted molar refractivity (Wildman–Crippen MR) is 51.1 cm³/mol. The van der Waals surface area contributed by atoms with Gasteiger partial charge in [0.1, 0.15) is 17.1 Å². The zero-order valence-corrected chi connectivity index (χ0v) is 8.42. The van der Waals surface area contributed by atoms with Crippen molar-refractivity contribution in [3.63, 3.8) is 0 Å². The van der Waals surface area contributed by atoms with Crippen molar-refractivity contribution in [2.45, 2.75) is 26.4 Å². The largest absolute Gasteiger partial charge is 0.378 e. The normalized spacial score (nSPS) is 10.8. The van der Waals surface area contributed by atoms with Gasteiger partial charge in [-0.2, -0.15) is 0 Å². The summed E-state index contributed by atoms with van der Waals surface area (Å²) in [6.07, 6.45) is 1.70. The van der Waals surface area contributed by atoms with Crippen LogP contribution in [0.15, 0.2) is 6.20 Å². The molecule has 0 radical (unpaired) electrons. The van der Waals surface area contributed by atoms with E-state index in [0.717, 1.165) is 11.5 Å². The number of aliphatic hydroxyl groups is 1. The summed E-state index contributed by atoms with van der Waals surface area (Å²) < 4.78 is 1.89. The van der Waals surface area contributed by atoms with Gasteiger partial charge in [0.15, 0.2) is 0 Å². The summed E-state index contributed by atoms with van der Waals surface area (Å²) in [5.41, 5.74) is -0.127. The third-order valence-corrected chi connectivity index (χ3v) is 1.72. The minimum absolute atomic E-state index is 0.819. The van der Waals surface area contributed by atoms with E-state index in [9.17, 15) is 5.11 Å². The fourth-order valence-electron chi connectivity index (χ4n) is 0.835. The number of nitrogens with zero attached hydrogens (tertiary/aromatic N) is 2. The van der Waals surface area contributed by atoms with Crippen LogP contribution in [0.5, 0.6) is 0 Å². The number of aromatic nitrogens is 2. The number of aryl methyl sites for hydroxylation is 1. The minimum Gasteiger partial charge on any atom is -0.378 e. The van der Waals surface area contributed by atoms with Crippen LogP contribution >= 0.6 is 0 Å². The van der Waals surface area contributed by atoms with Crippen LogP contribution in [0, 0.1) is 18.8 Å². The summed E-state index contributed by atoms with van der Waals surface area (Å²) in [4.78, 5) is 4.10. The Labute approximate surface area is 78.4 Å². The van der Waals surface area contributed by atoms with Crippen molar-refractivity contribution >= 4 is 0 Å². The first-order valence-corrected chi connectivity index (χ1v) is 4.14. The number of imidazole rings is 1. The Hall–Kier alpha value is -1.27. The Bertz CT molecular complexity index is 361. The van der Waals surface area contributed by atoms with E-state index in [0.29, 0.717) is 0 Å². The third-order valence-electron chi connectivity index (χ3n) is 1.72. The molecule has 1 aromatic rings. The van der Waals surface area contributed by atoms with Gasteiger partial charge in [0, 0.05) is 7.05 Å². The lowest BCUT2D eigenvalue weighted by Crippen LogP contribution is -2.14. The molecule has 1 rings (SSSR count). The van der Waals surface area contributed by atoms with Gasteiger partial charge in [0.25, 0.3) is 0 Å². The molecule has 1 heterocycles. The Morgan fingerprint density at radius 3 is 2.54 bits per heavy atom. The second kappa shape index (κ2) is 3.23. The van der Waals surface area contributed by atoms with Gasteiger partial charge in [0.05, 0.1) is 6.20 Å². The Kier molecular flexibility index (Phi) is 2.44. The van der Waals surface area contributed by atoms with Crippen molar-refractivity contribution in [2.75, 3.05) is 0 Å². The first-order chi connectivity index (χ1) is 5.90. The average molecular weight is 178 g/mol. The van der Waals surface area contributed by atoms with E-state index in [1.54, 1.807) is 20.0 Å². The van der Waals surface area contributed by atoms with E-state index >= 15 is 0 Å². The van der Waals surface area contributed by atoms with Gasteiger partial charge in [-0.25, -0.2) is 4.98 Å². The van der Waals surface area contributed by atoms with Crippen molar-refractivity contribution in [3.05, 3.63) is 17.7 Å². The van der Waals surface area contributed by atoms with Crippen LogP contribution in [0.25, 0.3) is 0 Å². The Balaban J connectivity index is 2.97. The monoisotopic (exact) mass is 178 g/mol. The number of rotatable bonds is 0. The fraction of sp³-hybridized carbons (Fsp3) is 0.500. The summed E-state index contributed by atoms with van der Waals surface area (Å²) in [5, 5.41) is 9.37. The van der Waals surface area contributed by atoms with Crippen LogP contribution in [-0.4, -0.2) is 20.3 Å². The molecule has 0 unspecified atom stereocenters. The molecule has 0 aliphatic carbocycles. The molecular formula is C10H14N2O. The Morgan fingerprint density at radius 2 is 2.15 bits per heavy atom. The second-order valence-electron chi connectivity index (χ2n) is 3.56. The van der Waals surface area contributed by atoms with Crippen LogP contribution in [0.4, 0.5) is 0 Å². The van der Waals surface area contributed by atoms with Gasteiger partial charge in [-0.15, -0.1) is 0 Å². The smallest absolute Gasteiger partial charge is 0.120 e. The van der Waals surface area contributed by atoms with Crippen LogP contribution in [0.3, 0.4) is 0 Å². The van der Waals surface area contributed by atoms with E-state index in [1.807, 2.05) is 18.5 Å². The van der Waals surface area contributed by atoms with Gasteiger partial charge in [0.2, 0.25) is 0 Å². The molecule has 13 heavy (non-hydrogen) atoms. The zero-order chi connectivity index (χ0) is 10.1. The average Bonchev–Trinajstić information content (AvgIpc) is 2.29. The molecule has 1 aromatic heterocycles. The second-order valence-corrected chi connectivity index (χ2v) is 3.56. The molecule has 0 saturated carbocycles. The van der Waals surface area contributed by atoms with Gasteiger partial charge >= 0.3 is 0 Å². The topological polar surface area (TPSA) is 38.1 Å². The molecule has 0 bridgehead atoms. The van der Waals surface area contributed by atoms with Crippen molar-refractivity contribution in [2.24, 2.45) is 7.05 Å². The molecule has 0 spiro atoms. The first-order valence-electron chi connectivity index (χ1n) is 4.14.